The second kappa shape index (κ2) is 5.27. The normalized spacial score (nSPS) is 10.4. The quantitative estimate of drug-likeness (QED) is 0.820. The van der Waals surface area contributed by atoms with E-state index in [0.29, 0.717) is 18.7 Å². The molecule has 0 saturated heterocycles. The number of carboxylic acids is 1. The highest BCUT2D eigenvalue weighted by atomic mass is 16.4. The molecule has 17 heavy (non-hydrogen) atoms. The van der Waals surface area contributed by atoms with Gasteiger partial charge in [0.1, 0.15) is 0 Å². The van der Waals surface area contributed by atoms with E-state index < -0.39 is 5.97 Å². The van der Waals surface area contributed by atoms with Gasteiger partial charge in [0, 0.05) is 31.0 Å². The van der Waals surface area contributed by atoms with Gasteiger partial charge in [-0.05, 0) is 23.8 Å². The van der Waals surface area contributed by atoms with Crippen LogP contribution in [-0.2, 0) is 13.1 Å². The minimum atomic E-state index is -1.05. The summed E-state index contributed by atoms with van der Waals surface area (Å²) in [5, 5.41) is 12.0. The van der Waals surface area contributed by atoms with E-state index in [1.807, 2.05) is 12.1 Å². The Balaban J connectivity index is 1.90. The number of rotatable bonds is 5. The topological polar surface area (TPSA) is 75.4 Å². The highest BCUT2D eigenvalue weighted by Gasteiger charge is 2.12. The standard InChI is InChI=1S/C12H12N2O3/c15-12(16)11-10(3-6-17-11)8-14-7-9-1-4-13-5-2-9/h1-6,14H,7-8H2,(H,15,16). The minimum Gasteiger partial charge on any atom is -0.475 e. The molecule has 0 amide bonds. The van der Waals surface area contributed by atoms with Crippen LogP contribution in [0.5, 0.6) is 0 Å². The van der Waals surface area contributed by atoms with Gasteiger partial charge < -0.3 is 14.8 Å². The van der Waals surface area contributed by atoms with E-state index in [1.165, 1.54) is 6.26 Å². The maximum absolute atomic E-state index is 10.8. The van der Waals surface area contributed by atoms with Crippen LogP contribution in [0.3, 0.4) is 0 Å². The summed E-state index contributed by atoms with van der Waals surface area (Å²) in [5.74, 6) is -1.05. The number of pyridine rings is 1. The predicted octanol–water partition coefficient (Wildman–Crippen LogP) is 1.66. The number of aromatic nitrogens is 1. The van der Waals surface area contributed by atoms with Crippen LogP contribution in [0.4, 0.5) is 0 Å². The first-order valence-electron chi connectivity index (χ1n) is 5.16. The molecular weight excluding hydrogens is 220 g/mol. The summed E-state index contributed by atoms with van der Waals surface area (Å²) in [6.45, 7) is 1.12. The van der Waals surface area contributed by atoms with Crippen LogP contribution < -0.4 is 5.32 Å². The summed E-state index contributed by atoms with van der Waals surface area (Å²) in [7, 11) is 0. The molecule has 0 unspecified atom stereocenters. The Morgan fingerprint density at radius 2 is 2.06 bits per heavy atom. The lowest BCUT2D eigenvalue weighted by Gasteiger charge is -2.03. The second-order valence-corrected chi connectivity index (χ2v) is 3.54. The molecule has 2 aromatic heterocycles. The van der Waals surface area contributed by atoms with Crippen LogP contribution >= 0.6 is 0 Å². The number of nitrogens with zero attached hydrogens (tertiary/aromatic N) is 1. The molecule has 0 spiro atoms. The third-order valence-electron chi connectivity index (χ3n) is 2.33. The molecule has 88 valence electrons. The van der Waals surface area contributed by atoms with Crippen LogP contribution in [0.15, 0.2) is 41.3 Å². The van der Waals surface area contributed by atoms with E-state index in [1.54, 1.807) is 18.5 Å². The fourth-order valence-corrected chi connectivity index (χ4v) is 1.50. The Morgan fingerprint density at radius 1 is 1.29 bits per heavy atom. The second-order valence-electron chi connectivity index (χ2n) is 3.54. The summed E-state index contributed by atoms with van der Waals surface area (Å²) in [6.07, 6.45) is 4.82. The summed E-state index contributed by atoms with van der Waals surface area (Å²) < 4.78 is 4.88. The van der Waals surface area contributed by atoms with Crippen molar-refractivity contribution in [1.29, 1.82) is 0 Å². The van der Waals surface area contributed by atoms with Crippen molar-refractivity contribution < 1.29 is 14.3 Å². The van der Waals surface area contributed by atoms with Crippen molar-refractivity contribution in [2.45, 2.75) is 13.1 Å². The van der Waals surface area contributed by atoms with E-state index >= 15 is 0 Å². The zero-order chi connectivity index (χ0) is 12.1. The first-order chi connectivity index (χ1) is 8.27. The average molecular weight is 232 g/mol. The highest BCUT2D eigenvalue weighted by Crippen LogP contribution is 2.10. The fraction of sp³-hybridized carbons (Fsp3) is 0.167. The lowest BCUT2D eigenvalue weighted by Crippen LogP contribution is -2.14. The Morgan fingerprint density at radius 3 is 2.76 bits per heavy atom. The molecule has 0 aliphatic heterocycles. The molecule has 0 bridgehead atoms. The monoisotopic (exact) mass is 232 g/mol. The SMILES string of the molecule is O=C(O)c1occc1CNCc1ccncc1. The van der Waals surface area contributed by atoms with Gasteiger partial charge in [0.15, 0.2) is 0 Å². The van der Waals surface area contributed by atoms with Gasteiger partial charge in [-0.3, -0.25) is 4.98 Å². The first-order valence-corrected chi connectivity index (χ1v) is 5.16. The summed E-state index contributed by atoms with van der Waals surface area (Å²) in [6, 6.07) is 5.46. The summed E-state index contributed by atoms with van der Waals surface area (Å²) in [5.41, 5.74) is 1.74. The Hall–Kier alpha value is -2.14. The molecule has 2 heterocycles. The summed E-state index contributed by atoms with van der Waals surface area (Å²) in [4.78, 5) is 14.7. The molecule has 0 fully saturated rings. The Labute approximate surface area is 98.1 Å². The predicted molar refractivity (Wildman–Crippen MR) is 60.4 cm³/mol. The van der Waals surface area contributed by atoms with E-state index in [4.69, 9.17) is 9.52 Å². The van der Waals surface area contributed by atoms with E-state index in [2.05, 4.69) is 10.3 Å². The van der Waals surface area contributed by atoms with Crippen molar-refractivity contribution in [3.8, 4) is 0 Å². The molecule has 2 rings (SSSR count). The number of nitrogens with one attached hydrogen (secondary N) is 1. The fourth-order valence-electron chi connectivity index (χ4n) is 1.50. The Bertz CT molecular complexity index is 493. The van der Waals surface area contributed by atoms with Gasteiger partial charge in [-0.2, -0.15) is 0 Å². The maximum Gasteiger partial charge on any atom is 0.372 e. The van der Waals surface area contributed by atoms with Crippen LogP contribution in [0.25, 0.3) is 0 Å². The van der Waals surface area contributed by atoms with Crippen molar-refractivity contribution in [2.75, 3.05) is 0 Å². The molecule has 2 aromatic rings. The lowest BCUT2D eigenvalue weighted by molar-refractivity contribution is 0.0660. The molecule has 0 atom stereocenters. The number of hydrogen-bond acceptors (Lipinski definition) is 4. The number of furan rings is 1. The van der Waals surface area contributed by atoms with Crippen molar-refractivity contribution >= 4 is 5.97 Å². The van der Waals surface area contributed by atoms with Gasteiger partial charge in [-0.1, -0.05) is 0 Å². The van der Waals surface area contributed by atoms with E-state index in [0.717, 1.165) is 5.56 Å². The lowest BCUT2D eigenvalue weighted by atomic mass is 10.2. The molecule has 0 saturated carbocycles. The zero-order valence-electron chi connectivity index (χ0n) is 9.09. The van der Waals surface area contributed by atoms with Crippen molar-refractivity contribution in [1.82, 2.24) is 10.3 Å². The first kappa shape index (κ1) is 11.3. The van der Waals surface area contributed by atoms with Crippen molar-refractivity contribution in [3.05, 3.63) is 53.7 Å². The smallest absolute Gasteiger partial charge is 0.372 e. The highest BCUT2D eigenvalue weighted by molar-refractivity contribution is 5.86. The third kappa shape index (κ3) is 2.92. The average Bonchev–Trinajstić information content (AvgIpc) is 2.79. The number of aromatic carboxylic acids is 1. The molecular formula is C12H12N2O3. The van der Waals surface area contributed by atoms with E-state index in [9.17, 15) is 4.79 Å². The van der Waals surface area contributed by atoms with Crippen molar-refractivity contribution in [3.63, 3.8) is 0 Å². The maximum atomic E-state index is 10.8. The van der Waals surface area contributed by atoms with Gasteiger partial charge in [0.25, 0.3) is 0 Å². The molecule has 0 aromatic carbocycles. The van der Waals surface area contributed by atoms with Crippen molar-refractivity contribution in [2.24, 2.45) is 0 Å². The van der Waals surface area contributed by atoms with Crippen LogP contribution in [0.2, 0.25) is 0 Å². The molecule has 5 nitrogen and oxygen atoms in total. The van der Waals surface area contributed by atoms with Gasteiger partial charge in [-0.25, -0.2) is 4.79 Å². The molecule has 5 heteroatoms. The van der Waals surface area contributed by atoms with Gasteiger partial charge in [0.05, 0.1) is 6.26 Å². The minimum absolute atomic E-state index is 0.00720. The molecule has 0 radical (unpaired) electrons. The number of carboxylic acid groups (broad SMARTS) is 1. The van der Waals surface area contributed by atoms with Gasteiger partial charge in [0.2, 0.25) is 5.76 Å². The molecule has 0 aliphatic carbocycles. The zero-order valence-corrected chi connectivity index (χ0v) is 9.09. The largest absolute Gasteiger partial charge is 0.475 e. The molecule has 2 N–H and O–H groups in total. The van der Waals surface area contributed by atoms with Gasteiger partial charge >= 0.3 is 5.97 Å². The van der Waals surface area contributed by atoms with Crippen LogP contribution in [0.1, 0.15) is 21.7 Å². The number of carbonyl (C=O) groups is 1. The summed E-state index contributed by atoms with van der Waals surface area (Å²) >= 11 is 0. The van der Waals surface area contributed by atoms with Gasteiger partial charge in [-0.15, -0.1) is 0 Å². The van der Waals surface area contributed by atoms with Crippen LogP contribution in [-0.4, -0.2) is 16.1 Å². The van der Waals surface area contributed by atoms with E-state index in [-0.39, 0.29) is 5.76 Å². The van der Waals surface area contributed by atoms with Crippen LogP contribution in [0, 0.1) is 0 Å². The molecule has 0 aliphatic rings. The number of hydrogen-bond donors (Lipinski definition) is 2. The third-order valence-corrected chi connectivity index (χ3v) is 2.33. The Kier molecular flexibility index (Phi) is 3.52.